The SMILES string of the molecule is CCCCc1nc(/C=N/NC(=O)C23CC4CC(CC(C4)C2)C3)c(Cl)[nH]1.CCCCc1nc(/C=N/NC(=O)C23CC4CC(CC(C4)C2)C3)c(Cl)[nH]1.CCO.O.O.O. The molecule has 8 aliphatic rings. The molecule has 0 atom stereocenters. The number of unbranched alkanes of at least 4 members (excludes halogenated alkanes) is 2. The summed E-state index contributed by atoms with van der Waals surface area (Å²) >= 11 is 12.3. The molecule has 2 aromatic heterocycles. The van der Waals surface area contributed by atoms with Crippen LogP contribution in [-0.2, 0) is 22.4 Å². The van der Waals surface area contributed by atoms with Crippen molar-refractivity contribution in [2.24, 2.45) is 56.5 Å². The standard InChI is InChI=1S/2C19H27ClN4O.C2H6O.3H2O/c2*1-2-3-4-16-22-15(17(20)23-16)11-21-24-18(25)19-8-12-5-13(9-19)7-14(6-12)10-19;1-2-3;;;/h2*11-14H,2-10H2,1H3,(H,22,23)(H,24,25);3H,2H2,1H3;3*1H2/b2*21-11+;;;;. The van der Waals surface area contributed by atoms with E-state index in [2.05, 4.69) is 54.8 Å². The Morgan fingerprint density at radius 3 is 1.21 bits per heavy atom. The van der Waals surface area contributed by atoms with E-state index in [-0.39, 0.29) is 45.7 Å². The van der Waals surface area contributed by atoms with Crippen LogP contribution >= 0.6 is 23.2 Å². The van der Waals surface area contributed by atoms with Crippen LogP contribution in [0.4, 0.5) is 0 Å². The van der Waals surface area contributed by atoms with Gasteiger partial charge in [-0.1, -0.05) is 49.9 Å². The molecule has 0 aromatic carbocycles. The van der Waals surface area contributed by atoms with Crippen LogP contribution in [0.3, 0.4) is 0 Å². The molecule has 11 N–H and O–H groups in total. The number of nitrogens with zero attached hydrogens (tertiary/aromatic N) is 4. The maximum Gasteiger partial charge on any atom is 0.246 e. The lowest BCUT2D eigenvalue weighted by molar-refractivity contribution is -0.146. The largest absolute Gasteiger partial charge is 0.412 e. The Morgan fingerprint density at radius 1 is 0.661 bits per heavy atom. The summed E-state index contributed by atoms with van der Waals surface area (Å²) in [6.45, 7) is 6.22. The van der Waals surface area contributed by atoms with Crippen molar-refractivity contribution in [2.75, 3.05) is 6.61 Å². The molecular weight excluding hydrogens is 759 g/mol. The number of hydrogen-bond donors (Lipinski definition) is 5. The first-order valence-electron chi connectivity index (χ1n) is 20.3. The van der Waals surface area contributed by atoms with Gasteiger partial charge in [-0.05, 0) is 132 Å². The number of H-pyrrole nitrogens is 2. The van der Waals surface area contributed by atoms with Gasteiger partial charge < -0.3 is 31.5 Å². The molecule has 0 saturated heterocycles. The molecule has 2 amide bonds. The number of imidazole rings is 2. The first kappa shape index (κ1) is 47.5. The summed E-state index contributed by atoms with van der Waals surface area (Å²) in [7, 11) is 0. The number of amides is 2. The summed E-state index contributed by atoms with van der Waals surface area (Å²) in [6, 6.07) is 0. The van der Waals surface area contributed by atoms with Gasteiger partial charge in [-0.3, -0.25) is 9.59 Å². The van der Waals surface area contributed by atoms with Gasteiger partial charge in [-0.25, -0.2) is 20.8 Å². The zero-order valence-corrected chi connectivity index (χ0v) is 34.9. The van der Waals surface area contributed by atoms with E-state index < -0.39 is 0 Å². The third-order valence-corrected chi connectivity index (χ3v) is 13.3. The van der Waals surface area contributed by atoms with E-state index in [1.807, 2.05) is 0 Å². The molecule has 0 spiro atoms. The highest BCUT2D eigenvalue weighted by molar-refractivity contribution is 6.32. The molecule has 2 aromatic rings. The molecular formula is C40H66Cl2N8O6. The molecule has 8 fully saturated rings. The van der Waals surface area contributed by atoms with Crippen molar-refractivity contribution in [1.29, 1.82) is 0 Å². The van der Waals surface area contributed by atoms with Gasteiger partial charge >= 0.3 is 0 Å². The number of halogens is 2. The van der Waals surface area contributed by atoms with Crippen molar-refractivity contribution in [2.45, 2.75) is 136 Å². The number of aromatic nitrogens is 4. The summed E-state index contributed by atoms with van der Waals surface area (Å²) in [5.74, 6) is 6.46. The number of aromatic amines is 2. The van der Waals surface area contributed by atoms with Crippen LogP contribution in [0.25, 0.3) is 0 Å². The van der Waals surface area contributed by atoms with Crippen molar-refractivity contribution in [3.63, 3.8) is 0 Å². The lowest BCUT2D eigenvalue weighted by Crippen LogP contribution is -2.52. The number of rotatable bonds is 12. The molecule has 0 unspecified atom stereocenters. The average molecular weight is 826 g/mol. The predicted octanol–water partition coefficient (Wildman–Crippen LogP) is 5.67. The number of hydrogen-bond acceptors (Lipinski definition) is 7. The van der Waals surface area contributed by atoms with Crippen LogP contribution < -0.4 is 10.9 Å². The second-order valence-electron chi connectivity index (χ2n) is 17.1. The molecule has 14 nitrogen and oxygen atoms in total. The summed E-state index contributed by atoms with van der Waals surface area (Å²) in [4.78, 5) is 40.7. The minimum absolute atomic E-state index is 0. The first-order valence-corrected chi connectivity index (χ1v) is 21.1. The highest BCUT2D eigenvalue weighted by Crippen LogP contribution is 2.61. The number of carbonyl (C=O) groups excluding carboxylic acids is 2. The van der Waals surface area contributed by atoms with Crippen molar-refractivity contribution in [3.05, 3.63) is 33.3 Å². The molecule has 16 heteroatoms. The Balaban J connectivity index is 0.000000267. The van der Waals surface area contributed by atoms with Crippen molar-refractivity contribution in [3.8, 4) is 0 Å². The monoisotopic (exact) mass is 824 g/mol. The summed E-state index contributed by atoms with van der Waals surface area (Å²) < 4.78 is 0. The number of carbonyl (C=O) groups is 2. The fourth-order valence-electron chi connectivity index (χ4n) is 11.2. The molecule has 316 valence electrons. The normalized spacial score (nSPS) is 30.0. The fourth-order valence-corrected chi connectivity index (χ4v) is 11.6. The molecule has 2 heterocycles. The van der Waals surface area contributed by atoms with E-state index in [9.17, 15) is 9.59 Å². The zero-order chi connectivity index (χ0) is 37.6. The molecule has 8 aliphatic carbocycles. The van der Waals surface area contributed by atoms with Gasteiger partial charge in [0.05, 0.1) is 23.3 Å². The zero-order valence-electron chi connectivity index (χ0n) is 33.4. The summed E-state index contributed by atoms with van der Waals surface area (Å²) in [6.07, 6.45) is 23.5. The van der Waals surface area contributed by atoms with Crippen LogP contribution in [0.2, 0.25) is 10.3 Å². The minimum Gasteiger partial charge on any atom is -0.412 e. The van der Waals surface area contributed by atoms with E-state index in [0.717, 1.165) is 124 Å². The van der Waals surface area contributed by atoms with Gasteiger partial charge in [0.15, 0.2) is 0 Å². The maximum atomic E-state index is 12.8. The van der Waals surface area contributed by atoms with Gasteiger partial charge in [0.1, 0.15) is 33.3 Å². The summed E-state index contributed by atoms with van der Waals surface area (Å²) in [5, 5.41) is 16.9. The Morgan fingerprint density at radius 2 is 0.946 bits per heavy atom. The highest BCUT2D eigenvalue weighted by Gasteiger charge is 2.55. The Bertz CT molecular complexity index is 1440. The van der Waals surface area contributed by atoms with E-state index in [4.69, 9.17) is 28.3 Å². The van der Waals surface area contributed by atoms with Gasteiger partial charge in [-0.15, -0.1) is 0 Å². The van der Waals surface area contributed by atoms with Gasteiger partial charge in [0, 0.05) is 19.4 Å². The second-order valence-corrected chi connectivity index (χ2v) is 17.8. The van der Waals surface area contributed by atoms with Crippen LogP contribution in [0.5, 0.6) is 0 Å². The maximum absolute atomic E-state index is 12.8. The number of aliphatic hydroxyl groups excluding tert-OH is 1. The fraction of sp³-hybridized carbons (Fsp3) is 0.750. The van der Waals surface area contributed by atoms with E-state index in [1.165, 1.54) is 38.5 Å². The van der Waals surface area contributed by atoms with Crippen LogP contribution in [0.1, 0.15) is 147 Å². The van der Waals surface area contributed by atoms with Gasteiger partial charge in [0.25, 0.3) is 0 Å². The number of aryl methyl sites for hydroxylation is 2. The molecule has 8 bridgehead atoms. The smallest absolute Gasteiger partial charge is 0.246 e. The second kappa shape index (κ2) is 21.2. The number of hydrazone groups is 2. The molecule has 10 rings (SSSR count). The van der Waals surface area contributed by atoms with Crippen molar-refractivity contribution >= 4 is 47.4 Å². The van der Waals surface area contributed by atoms with Crippen LogP contribution in [-0.4, -0.2) is 72.3 Å². The van der Waals surface area contributed by atoms with E-state index >= 15 is 0 Å². The molecule has 56 heavy (non-hydrogen) atoms. The molecule has 0 aliphatic heterocycles. The predicted molar refractivity (Wildman–Crippen MR) is 221 cm³/mol. The Labute approximate surface area is 341 Å². The third kappa shape index (κ3) is 11.2. The summed E-state index contributed by atoms with van der Waals surface area (Å²) in [5.41, 5.74) is 6.42. The average Bonchev–Trinajstić information content (AvgIpc) is 3.65. The van der Waals surface area contributed by atoms with Crippen molar-refractivity contribution in [1.82, 2.24) is 30.8 Å². The topological polar surface area (TPSA) is 255 Å². The quantitative estimate of drug-likeness (QED) is 0.134. The third-order valence-electron chi connectivity index (χ3n) is 12.7. The lowest BCUT2D eigenvalue weighted by Gasteiger charge is -2.55. The number of aliphatic hydroxyl groups is 1. The molecule has 8 saturated carbocycles. The molecule has 0 radical (unpaired) electrons. The van der Waals surface area contributed by atoms with Crippen molar-refractivity contribution < 1.29 is 31.1 Å². The van der Waals surface area contributed by atoms with E-state index in [0.29, 0.717) is 21.7 Å². The number of nitrogens with one attached hydrogen (secondary N) is 4. The van der Waals surface area contributed by atoms with Crippen LogP contribution in [0.15, 0.2) is 10.2 Å². The van der Waals surface area contributed by atoms with Gasteiger partial charge in [-0.2, -0.15) is 10.2 Å². The lowest BCUT2D eigenvalue weighted by atomic mass is 9.49. The van der Waals surface area contributed by atoms with E-state index in [1.54, 1.807) is 19.4 Å². The first-order chi connectivity index (χ1) is 25.6. The highest BCUT2D eigenvalue weighted by atomic mass is 35.5. The minimum atomic E-state index is -0.173. The van der Waals surface area contributed by atoms with Crippen LogP contribution in [0, 0.1) is 46.3 Å². The van der Waals surface area contributed by atoms with Gasteiger partial charge in [0.2, 0.25) is 11.8 Å². The Hall–Kier alpha value is -2.88. The Kier molecular flexibility index (Phi) is 18.0.